The molecule has 0 saturated heterocycles. The van der Waals surface area contributed by atoms with Crippen LogP contribution >= 0.6 is 12.6 Å². The summed E-state index contributed by atoms with van der Waals surface area (Å²) in [7, 11) is 0. The van der Waals surface area contributed by atoms with Crippen LogP contribution in [-0.2, 0) is 38.4 Å². The lowest BCUT2D eigenvalue weighted by Gasteiger charge is -2.23. The maximum Gasteiger partial charge on any atom is 0.326 e. The molecule has 0 rings (SSSR count). The van der Waals surface area contributed by atoms with E-state index < -0.39 is 104 Å². The summed E-state index contributed by atoms with van der Waals surface area (Å²) in [6.07, 6.45) is -2.99. The Bertz CT molecular complexity index is 884. The number of nitrogens with one attached hydrogen (secondary N) is 4. The third-order valence-corrected chi connectivity index (χ3v) is 4.68. The Hall–Kier alpha value is -3.93. The monoisotopic (exact) mass is 536 g/mol. The van der Waals surface area contributed by atoms with Gasteiger partial charge in [-0.1, -0.05) is 0 Å². The third kappa shape index (κ3) is 13.1. The van der Waals surface area contributed by atoms with Crippen LogP contribution < -0.4 is 32.7 Å². The van der Waals surface area contributed by atoms with Crippen LogP contribution in [0.5, 0.6) is 0 Å². The number of thiol groups is 1. The first-order valence-corrected chi connectivity index (χ1v) is 10.8. The minimum absolute atomic E-state index is 0.0283. The molecule has 17 nitrogen and oxygen atoms in total. The number of hydrogen-bond donors (Lipinski definition) is 10. The molecule has 0 aliphatic rings. The summed E-state index contributed by atoms with van der Waals surface area (Å²) in [6, 6.07) is -6.28. The molecule has 5 amide bonds. The first-order chi connectivity index (χ1) is 16.7. The van der Waals surface area contributed by atoms with E-state index in [1.807, 2.05) is 10.6 Å². The van der Waals surface area contributed by atoms with E-state index in [0.717, 1.165) is 0 Å². The van der Waals surface area contributed by atoms with Crippen LogP contribution in [0.1, 0.15) is 25.7 Å². The van der Waals surface area contributed by atoms with E-state index >= 15 is 0 Å². The quantitative estimate of drug-likeness (QED) is 0.0782. The van der Waals surface area contributed by atoms with E-state index in [4.69, 9.17) is 26.8 Å². The van der Waals surface area contributed by atoms with Gasteiger partial charge in [0.1, 0.15) is 18.1 Å². The fourth-order valence-corrected chi connectivity index (χ4v) is 2.66. The Labute approximate surface area is 209 Å². The van der Waals surface area contributed by atoms with Gasteiger partial charge in [-0.25, -0.2) is 4.79 Å². The van der Waals surface area contributed by atoms with E-state index in [1.165, 1.54) is 0 Å². The van der Waals surface area contributed by atoms with Crippen LogP contribution in [0, 0.1) is 0 Å². The van der Waals surface area contributed by atoms with Crippen LogP contribution in [0.15, 0.2) is 0 Å². The van der Waals surface area contributed by atoms with Crippen molar-refractivity contribution < 1.29 is 53.7 Å². The maximum atomic E-state index is 12.6. The molecule has 0 bridgehead atoms. The minimum Gasteiger partial charge on any atom is -0.481 e. The highest BCUT2D eigenvalue weighted by Gasteiger charge is 2.31. The molecule has 0 radical (unpaired) electrons. The number of carbonyl (C=O) groups excluding carboxylic acids is 5. The van der Waals surface area contributed by atoms with Gasteiger partial charge < -0.3 is 48.1 Å². The second-order valence-corrected chi connectivity index (χ2v) is 7.65. The largest absolute Gasteiger partial charge is 0.481 e. The molecule has 0 saturated carbocycles. The van der Waals surface area contributed by atoms with Gasteiger partial charge in [0.25, 0.3) is 0 Å². The second-order valence-electron chi connectivity index (χ2n) is 7.29. The molecule has 4 atom stereocenters. The van der Waals surface area contributed by atoms with Gasteiger partial charge in [0.15, 0.2) is 0 Å². The van der Waals surface area contributed by atoms with Crippen LogP contribution in [0.4, 0.5) is 0 Å². The fourth-order valence-electron chi connectivity index (χ4n) is 2.49. The van der Waals surface area contributed by atoms with Crippen molar-refractivity contribution >= 4 is 60.1 Å². The summed E-state index contributed by atoms with van der Waals surface area (Å²) in [5, 5.41) is 35.2. The number of amides is 5. The maximum absolute atomic E-state index is 12.6. The molecule has 0 spiro atoms. The Balaban J connectivity index is 5.51. The molecule has 0 aliphatic heterocycles. The summed E-state index contributed by atoms with van der Waals surface area (Å²) in [5.74, 6) is -9.80. The van der Waals surface area contributed by atoms with Gasteiger partial charge in [-0.15, -0.1) is 0 Å². The standard InChI is InChI=1S/C18H28N6O11S/c19-7(6-36)15(31)21-5-12(26)22-9(4-14(29)30)17(33)23-8(1-2-13(27)28)16(32)24-10(18(34)35)3-11(20)25/h7-10,36H,1-6,19H2,(H2,20,25)(H,21,31)(H,22,26)(H,23,33)(H,24,32)(H,27,28)(H,29,30)(H,34,35)/t7-,8-,9-,10-/m0/s1. The number of aliphatic carboxylic acids is 3. The Kier molecular flexibility index (Phi) is 14.1. The number of hydrogen-bond acceptors (Lipinski definition) is 10. The SMILES string of the molecule is NC(=O)C[C@H](NC(=O)[C@H](CCC(=O)O)NC(=O)[C@H](CC(=O)O)NC(=O)CNC(=O)[C@@H](N)CS)C(=O)O. The number of carboxylic acid groups (broad SMARTS) is 3. The average Bonchev–Trinajstić information content (AvgIpc) is 2.77. The highest BCUT2D eigenvalue weighted by molar-refractivity contribution is 7.80. The minimum atomic E-state index is -1.79. The van der Waals surface area contributed by atoms with Crippen LogP contribution in [0.25, 0.3) is 0 Å². The zero-order chi connectivity index (χ0) is 28.0. The Morgan fingerprint density at radius 3 is 1.78 bits per heavy atom. The van der Waals surface area contributed by atoms with Gasteiger partial charge >= 0.3 is 17.9 Å². The van der Waals surface area contributed by atoms with Gasteiger partial charge in [-0.3, -0.25) is 33.6 Å². The lowest BCUT2D eigenvalue weighted by Crippen LogP contribution is -2.57. The van der Waals surface area contributed by atoms with Crippen LogP contribution in [0.2, 0.25) is 0 Å². The summed E-state index contributed by atoms with van der Waals surface area (Å²) in [4.78, 5) is 93.2. The van der Waals surface area contributed by atoms with Crippen molar-refractivity contribution in [3.63, 3.8) is 0 Å². The highest BCUT2D eigenvalue weighted by atomic mass is 32.1. The van der Waals surface area contributed by atoms with Crippen molar-refractivity contribution in [1.82, 2.24) is 21.3 Å². The molecule has 0 heterocycles. The molecule has 36 heavy (non-hydrogen) atoms. The lowest BCUT2D eigenvalue weighted by molar-refractivity contribution is -0.144. The third-order valence-electron chi connectivity index (χ3n) is 4.29. The summed E-state index contributed by atoms with van der Waals surface area (Å²) in [5.41, 5.74) is 10.4. The fraction of sp³-hybridized carbons (Fsp3) is 0.556. The van der Waals surface area contributed by atoms with Crippen molar-refractivity contribution in [2.24, 2.45) is 11.5 Å². The van der Waals surface area contributed by atoms with Crippen molar-refractivity contribution in [2.45, 2.75) is 49.9 Å². The van der Waals surface area contributed by atoms with Crippen molar-refractivity contribution in [3.8, 4) is 0 Å². The molecular weight excluding hydrogens is 508 g/mol. The highest BCUT2D eigenvalue weighted by Crippen LogP contribution is 2.03. The molecule has 0 aliphatic carbocycles. The zero-order valence-corrected chi connectivity index (χ0v) is 19.7. The van der Waals surface area contributed by atoms with E-state index in [9.17, 15) is 38.4 Å². The topological polar surface area (TPSA) is 297 Å². The first kappa shape index (κ1) is 32.1. The molecule has 202 valence electrons. The van der Waals surface area contributed by atoms with Crippen molar-refractivity contribution in [3.05, 3.63) is 0 Å². The first-order valence-electron chi connectivity index (χ1n) is 10.2. The van der Waals surface area contributed by atoms with Crippen LogP contribution in [0.3, 0.4) is 0 Å². The predicted octanol–water partition coefficient (Wildman–Crippen LogP) is -4.89. The molecule has 0 unspecified atom stereocenters. The molecular formula is C18H28N6O11S. The summed E-state index contributed by atoms with van der Waals surface area (Å²) < 4.78 is 0. The van der Waals surface area contributed by atoms with E-state index in [1.54, 1.807) is 0 Å². The second kappa shape index (κ2) is 15.9. The molecule has 0 aromatic rings. The normalized spacial score (nSPS) is 13.7. The lowest BCUT2D eigenvalue weighted by atomic mass is 10.1. The van der Waals surface area contributed by atoms with Crippen molar-refractivity contribution in [2.75, 3.05) is 12.3 Å². The molecule has 0 fully saturated rings. The molecule has 0 aromatic heterocycles. The zero-order valence-electron chi connectivity index (χ0n) is 18.8. The number of carboxylic acids is 3. The van der Waals surface area contributed by atoms with Gasteiger partial charge in [-0.05, 0) is 6.42 Å². The van der Waals surface area contributed by atoms with Crippen LogP contribution in [-0.4, -0.2) is 99.2 Å². The average molecular weight is 537 g/mol. The summed E-state index contributed by atoms with van der Waals surface area (Å²) in [6.45, 7) is -0.681. The van der Waals surface area contributed by atoms with E-state index in [-0.39, 0.29) is 5.75 Å². The number of rotatable bonds is 17. The van der Waals surface area contributed by atoms with E-state index in [0.29, 0.717) is 0 Å². The molecule has 0 aromatic carbocycles. The smallest absolute Gasteiger partial charge is 0.326 e. The van der Waals surface area contributed by atoms with Gasteiger partial charge in [0.2, 0.25) is 29.5 Å². The van der Waals surface area contributed by atoms with Gasteiger partial charge in [0.05, 0.1) is 25.4 Å². The number of primary amides is 1. The predicted molar refractivity (Wildman–Crippen MR) is 121 cm³/mol. The molecule has 18 heteroatoms. The summed E-state index contributed by atoms with van der Waals surface area (Å²) >= 11 is 3.82. The van der Waals surface area contributed by atoms with E-state index in [2.05, 4.69) is 23.3 Å². The number of carbonyl (C=O) groups is 8. The Morgan fingerprint density at radius 1 is 0.750 bits per heavy atom. The van der Waals surface area contributed by atoms with Gasteiger partial charge in [-0.2, -0.15) is 12.6 Å². The van der Waals surface area contributed by atoms with Gasteiger partial charge in [0, 0.05) is 12.2 Å². The Morgan fingerprint density at radius 2 is 1.31 bits per heavy atom. The molecule has 11 N–H and O–H groups in total. The number of nitrogens with two attached hydrogens (primary N) is 2. The van der Waals surface area contributed by atoms with Crippen molar-refractivity contribution in [1.29, 1.82) is 0 Å².